The van der Waals surface area contributed by atoms with E-state index in [0.29, 0.717) is 11.8 Å². The van der Waals surface area contributed by atoms with Gasteiger partial charge in [-0.1, -0.05) is 39.0 Å². The van der Waals surface area contributed by atoms with Crippen LogP contribution in [0.5, 0.6) is 0 Å². The van der Waals surface area contributed by atoms with Crippen LogP contribution < -0.4 is 10.6 Å². The maximum atomic E-state index is 9.58. The van der Waals surface area contributed by atoms with Gasteiger partial charge < -0.3 is 15.7 Å². The van der Waals surface area contributed by atoms with Crippen LogP contribution in [0.1, 0.15) is 20.8 Å². The summed E-state index contributed by atoms with van der Waals surface area (Å²) in [7, 11) is 0. The van der Waals surface area contributed by atoms with Crippen LogP contribution >= 0.6 is 15.9 Å². The summed E-state index contributed by atoms with van der Waals surface area (Å²) >= 11 is 3.44. The first-order chi connectivity index (χ1) is 10.4. The number of anilines is 3. The summed E-state index contributed by atoms with van der Waals surface area (Å²) in [5, 5.41) is 16.0. The Morgan fingerprint density at radius 2 is 1.91 bits per heavy atom. The molecule has 0 amide bonds. The van der Waals surface area contributed by atoms with E-state index >= 15 is 0 Å². The van der Waals surface area contributed by atoms with Crippen molar-refractivity contribution < 1.29 is 5.11 Å². The van der Waals surface area contributed by atoms with Gasteiger partial charge in [0.2, 0.25) is 5.95 Å². The van der Waals surface area contributed by atoms with Crippen LogP contribution in [0, 0.1) is 5.41 Å². The van der Waals surface area contributed by atoms with Crippen LogP contribution in [-0.2, 0) is 0 Å². The Hall–Kier alpha value is -1.66. The molecule has 0 saturated heterocycles. The number of nitrogens with zero attached hydrogens (tertiary/aromatic N) is 2. The SMILES string of the molecule is CC(C)(C)[C@@H](CO)Nc1nc(Nc2ccccc2)ncc1Br. The average Bonchev–Trinajstić information content (AvgIpc) is 2.47. The summed E-state index contributed by atoms with van der Waals surface area (Å²) in [5.41, 5.74) is 0.830. The highest BCUT2D eigenvalue weighted by atomic mass is 79.9. The molecule has 1 aromatic carbocycles. The Kier molecular flexibility index (Phi) is 5.37. The maximum absolute atomic E-state index is 9.58. The summed E-state index contributed by atoms with van der Waals surface area (Å²) < 4.78 is 0.758. The monoisotopic (exact) mass is 364 g/mol. The molecule has 3 N–H and O–H groups in total. The highest BCUT2D eigenvalue weighted by molar-refractivity contribution is 9.10. The standard InChI is InChI=1S/C16H21BrN4O/c1-16(2,3)13(10-22)20-14-12(17)9-18-15(21-14)19-11-7-5-4-6-8-11/h4-9,13,22H,10H2,1-3H3,(H2,18,19,20,21)/t13-/m1/s1. The Morgan fingerprint density at radius 1 is 1.23 bits per heavy atom. The van der Waals surface area contributed by atoms with Gasteiger partial charge in [0.25, 0.3) is 0 Å². The van der Waals surface area contributed by atoms with Gasteiger partial charge in [0.15, 0.2) is 0 Å². The molecule has 0 aliphatic carbocycles. The molecule has 2 rings (SSSR count). The minimum atomic E-state index is -0.108. The van der Waals surface area contributed by atoms with Crippen molar-refractivity contribution in [3.8, 4) is 0 Å². The van der Waals surface area contributed by atoms with Crippen molar-refractivity contribution in [1.29, 1.82) is 0 Å². The number of nitrogens with one attached hydrogen (secondary N) is 2. The number of aliphatic hydroxyl groups is 1. The van der Waals surface area contributed by atoms with Gasteiger partial charge in [-0.3, -0.25) is 0 Å². The first-order valence-corrected chi connectivity index (χ1v) is 7.91. The molecule has 0 unspecified atom stereocenters. The summed E-state index contributed by atoms with van der Waals surface area (Å²) in [6.45, 7) is 6.23. The molecule has 0 spiro atoms. The number of para-hydroxylation sites is 1. The topological polar surface area (TPSA) is 70.1 Å². The lowest BCUT2D eigenvalue weighted by Gasteiger charge is -2.30. The Bertz CT molecular complexity index is 613. The van der Waals surface area contributed by atoms with E-state index in [0.717, 1.165) is 10.2 Å². The van der Waals surface area contributed by atoms with Crippen molar-refractivity contribution in [1.82, 2.24) is 9.97 Å². The van der Waals surface area contributed by atoms with Crippen molar-refractivity contribution in [2.24, 2.45) is 5.41 Å². The summed E-state index contributed by atoms with van der Waals surface area (Å²) in [4.78, 5) is 8.74. The van der Waals surface area contributed by atoms with E-state index in [1.165, 1.54) is 0 Å². The molecule has 5 nitrogen and oxygen atoms in total. The maximum Gasteiger partial charge on any atom is 0.229 e. The highest BCUT2D eigenvalue weighted by Gasteiger charge is 2.25. The van der Waals surface area contributed by atoms with Crippen LogP contribution in [0.4, 0.5) is 17.5 Å². The molecule has 0 saturated carbocycles. The molecule has 0 radical (unpaired) electrons. The number of halogens is 1. The van der Waals surface area contributed by atoms with Crippen molar-refractivity contribution >= 4 is 33.4 Å². The van der Waals surface area contributed by atoms with Crippen molar-refractivity contribution in [2.45, 2.75) is 26.8 Å². The van der Waals surface area contributed by atoms with Crippen LogP contribution in [0.2, 0.25) is 0 Å². The van der Waals surface area contributed by atoms with Crippen molar-refractivity contribution in [2.75, 3.05) is 17.2 Å². The van der Waals surface area contributed by atoms with Gasteiger partial charge in [0, 0.05) is 11.9 Å². The minimum absolute atomic E-state index is 0.0292. The number of hydrogen-bond acceptors (Lipinski definition) is 5. The molecule has 1 aromatic heterocycles. The molecular formula is C16H21BrN4O. The zero-order valence-corrected chi connectivity index (χ0v) is 14.6. The number of hydrogen-bond donors (Lipinski definition) is 3. The minimum Gasteiger partial charge on any atom is -0.394 e. The van der Waals surface area contributed by atoms with Gasteiger partial charge in [-0.2, -0.15) is 4.98 Å². The van der Waals surface area contributed by atoms with Crippen molar-refractivity contribution in [3.05, 3.63) is 41.0 Å². The Morgan fingerprint density at radius 3 is 2.50 bits per heavy atom. The van der Waals surface area contributed by atoms with E-state index in [1.807, 2.05) is 30.3 Å². The van der Waals surface area contributed by atoms with Crippen LogP contribution in [0.25, 0.3) is 0 Å². The molecule has 1 atom stereocenters. The van der Waals surface area contributed by atoms with E-state index in [2.05, 4.69) is 57.3 Å². The molecular weight excluding hydrogens is 344 g/mol. The number of aromatic nitrogens is 2. The second-order valence-corrected chi connectivity index (χ2v) is 6.98. The lowest BCUT2D eigenvalue weighted by molar-refractivity contribution is 0.201. The van der Waals surface area contributed by atoms with Gasteiger partial charge in [-0.25, -0.2) is 4.98 Å². The zero-order chi connectivity index (χ0) is 16.2. The van der Waals surface area contributed by atoms with Crippen LogP contribution in [0.15, 0.2) is 41.0 Å². The lowest BCUT2D eigenvalue weighted by Crippen LogP contribution is -2.37. The molecule has 0 bridgehead atoms. The molecule has 0 aliphatic heterocycles. The van der Waals surface area contributed by atoms with E-state index in [1.54, 1.807) is 6.20 Å². The molecule has 1 heterocycles. The summed E-state index contributed by atoms with van der Waals surface area (Å²) in [6, 6.07) is 9.64. The smallest absolute Gasteiger partial charge is 0.229 e. The number of benzene rings is 1. The predicted octanol–water partition coefficient (Wildman–Crippen LogP) is 3.80. The fourth-order valence-electron chi connectivity index (χ4n) is 1.88. The van der Waals surface area contributed by atoms with Gasteiger partial charge in [-0.15, -0.1) is 0 Å². The fraction of sp³-hybridized carbons (Fsp3) is 0.375. The third-order valence-corrected chi connectivity index (χ3v) is 3.89. The number of aliphatic hydroxyl groups excluding tert-OH is 1. The average molecular weight is 365 g/mol. The Balaban J connectivity index is 2.20. The van der Waals surface area contributed by atoms with Gasteiger partial charge in [0.1, 0.15) is 5.82 Å². The van der Waals surface area contributed by atoms with Crippen molar-refractivity contribution in [3.63, 3.8) is 0 Å². The van der Waals surface area contributed by atoms with Gasteiger partial charge in [-0.05, 0) is 33.5 Å². The summed E-state index contributed by atoms with van der Waals surface area (Å²) in [6.07, 6.45) is 1.69. The summed E-state index contributed by atoms with van der Waals surface area (Å²) in [5.74, 6) is 1.16. The number of rotatable bonds is 5. The molecule has 22 heavy (non-hydrogen) atoms. The lowest BCUT2D eigenvalue weighted by atomic mass is 9.87. The molecule has 2 aromatic rings. The quantitative estimate of drug-likeness (QED) is 0.752. The molecule has 6 heteroatoms. The van der Waals surface area contributed by atoms with E-state index in [-0.39, 0.29) is 18.1 Å². The predicted molar refractivity (Wildman–Crippen MR) is 93.4 cm³/mol. The fourth-order valence-corrected chi connectivity index (χ4v) is 2.19. The van der Waals surface area contributed by atoms with E-state index in [4.69, 9.17) is 0 Å². The molecule has 118 valence electrons. The zero-order valence-electron chi connectivity index (χ0n) is 13.0. The van der Waals surface area contributed by atoms with E-state index < -0.39 is 0 Å². The Labute approximate surface area is 139 Å². The van der Waals surface area contributed by atoms with Crippen LogP contribution in [0.3, 0.4) is 0 Å². The normalized spacial score (nSPS) is 12.8. The molecule has 0 aliphatic rings. The second kappa shape index (κ2) is 7.07. The largest absolute Gasteiger partial charge is 0.394 e. The first-order valence-electron chi connectivity index (χ1n) is 7.12. The van der Waals surface area contributed by atoms with Crippen LogP contribution in [-0.4, -0.2) is 27.7 Å². The third kappa shape index (κ3) is 4.42. The highest BCUT2D eigenvalue weighted by Crippen LogP contribution is 2.27. The molecule has 0 fully saturated rings. The van der Waals surface area contributed by atoms with E-state index in [9.17, 15) is 5.11 Å². The third-order valence-electron chi connectivity index (χ3n) is 3.31. The second-order valence-electron chi connectivity index (χ2n) is 6.13. The first kappa shape index (κ1) is 16.7. The van der Waals surface area contributed by atoms with Gasteiger partial charge >= 0.3 is 0 Å². The van der Waals surface area contributed by atoms with Gasteiger partial charge in [0.05, 0.1) is 17.1 Å².